The van der Waals surface area contributed by atoms with E-state index in [-0.39, 0.29) is 17.3 Å². The first-order valence-corrected chi connectivity index (χ1v) is 7.50. The number of alkyl halides is 3. The van der Waals surface area contributed by atoms with Crippen LogP contribution in [0.1, 0.15) is 24.8 Å². The summed E-state index contributed by atoms with van der Waals surface area (Å²) in [6, 6.07) is 3.22. The number of hydrogen-bond donors (Lipinski definition) is 0. The maximum atomic E-state index is 12.8. The van der Waals surface area contributed by atoms with Gasteiger partial charge in [-0.25, -0.2) is 4.98 Å². The normalized spacial score (nSPS) is 18.7. The molecule has 1 heterocycles. The molecule has 6 heteroatoms. The van der Waals surface area contributed by atoms with Gasteiger partial charge in [0.1, 0.15) is 5.52 Å². The molecule has 2 aromatic rings. The van der Waals surface area contributed by atoms with E-state index in [1.807, 2.05) is 25.2 Å². The van der Waals surface area contributed by atoms with Gasteiger partial charge in [-0.2, -0.15) is 13.2 Å². The van der Waals surface area contributed by atoms with Crippen molar-refractivity contribution in [2.24, 2.45) is 5.92 Å². The van der Waals surface area contributed by atoms with Crippen molar-refractivity contribution < 1.29 is 17.6 Å². The molecule has 120 valence electrons. The van der Waals surface area contributed by atoms with Crippen molar-refractivity contribution in [3.8, 4) is 0 Å². The second kappa shape index (κ2) is 5.89. The van der Waals surface area contributed by atoms with Gasteiger partial charge in [0.15, 0.2) is 5.58 Å². The number of aromatic nitrogens is 1. The lowest BCUT2D eigenvalue weighted by Gasteiger charge is -2.04. The number of halogens is 4. The minimum atomic E-state index is -4.41. The van der Waals surface area contributed by atoms with Crippen LogP contribution < -0.4 is 0 Å². The average Bonchev–Trinajstić information content (AvgIpc) is 2.82. The number of fused-ring (bicyclic) bond motifs is 1. The molecule has 1 atom stereocenters. The zero-order chi connectivity index (χ0) is 16.6. The maximum Gasteiger partial charge on any atom is 0.416 e. The maximum absolute atomic E-state index is 12.8. The third-order valence-corrected chi connectivity index (χ3v) is 3.99. The summed E-state index contributed by atoms with van der Waals surface area (Å²) in [6.07, 6.45) is 3.97. The van der Waals surface area contributed by atoms with Gasteiger partial charge in [-0.3, -0.25) is 0 Å². The second-order valence-electron chi connectivity index (χ2n) is 5.25. The lowest BCUT2D eigenvalue weighted by molar-refractivity contribution is -0.137. The summed E-state index contributed by atoms with van der Waals surface area (Å²) in [5, 5.41) is 0.476. The molecule has 1 aliphatic carbocycles. The van der Waals surface area contributed by atoms with Crippen LogP contribution in [0.3, 0.4) is 0 Å². The Hall–Kier alpha value is -2.01. The number of oxazole rings is 1. The minimum Gasteiger partial charge on any atom is -0.436 e. The zero-order valence-corrected chi connectivity index (χ0v) is 12.9. The van der Waals surface area contributed by atoms with E-state index in [1.54, 1.807) is 6.08 Å². The van der Waals surface area contributed by atoms with Crippen LogP contribution in [0.15, 0.2) is 52.0 Å². The molecule has 3 rings (SSSR count). The van der Waals surface area contributed by atoms with Gasteiger partial charge < -0.3 is 4.42 Å². The highest BCUT2D eigenvalue weighted by Gasteiger charge is 2.31. The molecule has 1 aromatic heterocycles. The topological polar surface area (TPSA) is 26.0 Å². The van der Waals surface area contributed by atoms with Crippen molar-refractivity contribution in [1.82, 2.24) is 4.98 Å². The predicted octanol–water partition coefficient (Wildman–Crippen LogP) is 5.95. The highest BCUT2D eigenvalue weighted by Crippen LogP contribution is 2.34. The van der Waals surface area contributed by atoms with Crippen molar-refractivity contribution in [3.63, 3.8) is 0 Å². The van der Waals surface area contributed by atoms with Gasteiger partial charge in [0, 0.05) is 5.03 Å². The van der Waals surface area contributed by atoms with E-state index in [0.717, 1.165) is 18.6 Å². The SMILES string of the molecule is CCC1C=CC=C(c2nc3cc(C(F)(F)F)ccc3o2)C(Cl)=C1. The number of allylic oxidation sites excluding steroid dienone is 6. The van der Waals surface area contributed by atoms with Gasteiger partial charge in [0.2, 0.25) is 5.89 Å². The third-order valence-electron chi connectivity index (χ3n) is 3.66. The first-order valence-electron chi connectivity index (χ1n) is 7.13. The quantitative estimate of drug-likeness (QED) is 0.675. The Balaban J connectivity index is 2.04. The van der Waals surface area contributed by atoms with Crippen LogP contribution in [-0.4, -0.2) is 4.98 Å². The van der Waals surface area contributed by atoms with E-state index in [9.17, 15) is 13.2 Å². The minimum absolute atomic E-state index is 0.153. The van der Waals surface area contributed by atoms with Crippen molar-refractivity contribution in [1.29, 1.82) is 0 Å². The van der Waals surface area contributed by atoms with Crippen LogP contribution in [0.2, 0.25) is 0 Å². The Morgan fingerprint density at radius 3 is 2.78 bits per heavy atom. The number of hydrogen-bond acceptors (Lipinski definition) is 2. The van der Waals surface area contributed by atoms with E-state index in [4.69, 9.17) is 16.0 Å². The Morgan fingerprint density at radius 2 is 2.09 bits per heavy atom. The molecule has 2 nitrogen and oxygen atoms in total. The number of benzene rings is 1. The predicted molar refractivity (Wildman–Crippen MR) is 83.8 cm³/mol. The molecule has 0 spiro atoms. The monoisotopic (exact) mass is 339 g/mol. The fraction of sp³-hybridized carbons (Fsp3) is 0.235. The number of nitrogens with zero attached hydrogens (tertiary/aromatic N) is 1. The average molecular weight is 340 g/mol. The van der Waals surface area contributed by atoms with E-state index < -0.39 is 11.7 Å². The van der Waals surface area contributed by atoms with Crippen LogP contribution in [0, 0.1) is 5.92 Å². The molecule has 0 fully saturated rings. The summed E-state index contributed by atoms with van der Waals surface area (Å²) in [7, 11) is 0. The van der Waals surface area contributed by atoms with Gasteiger partial charge in [-0.15, -0.1) is 0 Å². The highest BCUT2D eigenvalue weighted by molar-refractivity contribution is 6.36. The molecule has 1 aromatic carbocycles. The Bertz CT molecular complexity index is 830. The molecular formula is C17H13ClF3NO. The lowest BCUT2D eigenvalue weighted by Crippen LogP contribution is -2.03. The largest absolute Gasteiger partial charge is 0.436 e. The second-order valence-corrected chi connectivity index (χ2v) is 5.66. The van der Waals surface area contributed by atoms with Gasteiger partial charge in [0.25, 0.3) is 0 Å². The van der Waals surface area contributed by atoms with E-state index in [2.05, 4.69) is 4.98 Å². The fourth-order valence-corrected chi connectivity index (χ4v) is 2.66. The molecule has 23 heavy (non-hydrogen) atoms. The van der Waals surface area contributed by atoms with E-state index in [0.29, 0.717) is 16.2 Å². The summed E-state index contributed by atoms with van der Waals surface area (Å²) in [5.74, 6) is 0.416. The summed E-state index contributed by atoms with van der Waals surface area (Å²) >= 11 is 6.30. The molecule has 0 saturated carbocycles. The summed E-state index contributed by atoms with van der Waals surface area (Å²) in [4.78, 5) is 4.16. The fourth-order valence-electron chi connectivity index (χ4n) is 2.35. The molecule has 0 bridgehead atoms. The van der Waals surface area contributed by atoms with Crippen LogP contribution in [-0.2, 0) is 6.18 Å². The standard InChI is InChI=1S/C17H13ClF3NO/c1-2-10-4-3-5-12(13(18)8-10)16-22-14-9-11(17(19,20)21)6-7-15(14)23-16/h3-10H,2H2,1H3. The van der Waals surface area contributed by atoms with Gasteiger partial charge in [0.05, 0.1) is 11.1 Å². The molecule has 1 aliphatic rings. The Kier molecular flexibility index (Phi) is 4.06. The van der Waals surface area contributed by atoms with Crippen molar-refractivity contribution in [2.75, 3.05) is 0 Å². The third kappa shape index (κ3) is 3.20. The van der Waals surface area contributed by atoms with Crippen molar-refractivity contribution in [3.05, 3.63) is 59.0 Å². The smallest absolute Gasteiger partial charge is 0.416 e. The van der Waals surface area contributed by atoms with Gasteiger partial charge in [-0.05, 0) is 36.6 Å². The molecule has 0 N–H and O–H groups in total. The Labute approximate surface area is 136 Å². The van der Waals surface area contributed by atoms with Gasteiger partial charge in [-0.1, -0.05) is 36.8 Å². The zero-order valence-electron chi connectivity index (χ0n) is 12.2. The molecule has 0 amide bonds. The van der Waals surface area contributed by atoms with Crippen molar-refractivity contribution >= 4 is 28.3 Å². The van der Waals surface area contributed by atoms with Crippen LogP contribution >= 0.6 is 11.6 Å². The number of rotatable bonds is 2. The van der Waals surface area contributed by atoms with E-state index in [1.165, 1.54) is 6.07 Å². The summed E-state index contributed by atoms with van der Waals surface area (Å²) in [5.41, 5.74) is 0.245. The van der Waals surface area contributed by atoms with Gasteiger partial charge >= 0.3 is 6.18 Å². The lowest BCUT2D eigenvalue weighted by atomic mass is 10.1. The first kappa shape index (κ1) is 15.9. The molecule has 0 aliphatic heterocycles. The van der Waals surface area contributed by atoms with Crippen LogP contribution in [0.25, 0.3) is 16.7 Å². The first-order chi connectivity index (χ1) is 10.9. The summed E-state index contributed by atoms with van der Waals surface area (Å²) in [6.45, 7) is 2.04. The van der Waals surface area contributed by atoms with Crippen molar-refractivity contribution in [2.45, 2.75) is 19.5 Å². The van der Waals surface area contributed by atoms with Crippen LogP contribution in [0.4, 0.5) is 13.2 Å². The highest BCUT2D eigenvalue weighted by atomic mass is 35.5. The van der Waals surface area contributed by atoms with E-state index >= 15 is 0 Å². The molecular weight excluding hydrogens is 327 g/mol. The Morgan fingerprint density at radius 1 is 1.30 bits per heavy atom. The summed E-state index contributed by atoms with van der Waals surface area (Å²) < 4.78 is 43.9. The van der Waals surface area contributed by atoms with Crippen LogP contribution in [0.5, 0.6) is 0 Å². The molecule has 0 radical (unpaired) electrons. The molecule has 0 saturated heterocycles. The molecule has 1 unspecified atom stereocenters.